The normalized spacial score (nSPS) is 12.0. The van der Waals surface area contributed by atoms with Crippen LogP contribution in [0.1, 0.15) is 26.3 Å². The molecule has 1 amide bonds. The predicted octanol–water partition coefficient (Wildman–Crippen LogP) is 3.77. The Morgan fingerprint density at radius 1 is 1.04 bits per heavy atom. The zero-order chi connectivity index (χ0) is 17.7. The molecule has 2 aromatic rings. The van der Waals surface area contributed by atoms with Gasteiger partial charge in [0.25, 0.3) is 0 Å². The molecule has 0 aliphatic rings. The summed E-state index contributed by atoms with van der Waals surface area (Å²) in [5.74, 6) is 0.718. The topological polar surface area (TPSA) is 64.3 Å². The van der Waals surface area contributed by atoms with Gasteiger partial charge >= 0.3 is 0 Å². The first-order chi connectivity index (χ1) is 11.3. The van der Waals surface area contributed by atoms with E-state index in [1.807, 2.05) is 69.3 Å². The van der Waals surface area contributed by atoms with Gasteiger partial charge in [-0.05, 0) is 34.2 Å². The minimum atomic E-state index is -0.518. The van der Waals surface area contributed by atoms with Crippen molar-refractivity contribution in [2.75, 3.05) is 7.11 Å². The van der Waals surface area contributed by atoms with Gasteiger partial charge in [0.2, 0.25) is 5.91 Å². The number of hydrogen-bond acceptors (Lipinski definition) is 3. The lowest BCUT2D eigenvalue weighted by atomic mass is 9.87. The Labute approximate surface area is 156 Å². The van der Waals surface area contributed by atoms with Gasteiger partial charge in [0.05, 0.1) is 13.2 Å². The standard InChI is InChI=1S/C20H26N2O2.ClH/c1-20(2,3)18(21)19(23)22-13-14-5-7-15(8-6-14)16-9-11-17(24-4)12-10-16;/h5-12,18H,13,21H2,1-4H3,(H,22,23);1H/t18-;/m1./s1. The number of hydrogen-bond donors (Lipinski definition) is 2. The van der Waals surface area contributed by atoms with Crippen LogP contribution in [0.3, 0.4) is 0 Å². The van der Waals surface area contributed by atoms with Crippen LogP contribution in [0.4, 0.5) is 0 Å². The number of benzene rings is 2. The van der Waals surface area contributed by atoms with E-state index in [1.54, 1.807) is 7.11 Å². The van der Waals surface area contributed by atoms with Gasteiger partial charge in [0, 0.05) is 6.54 Å². The molecule has 2 rings (SSSR count). The maximum Gasteiger partial charge on any atom is 0.237 e. The van der Waals surface area contributed by atoms with E-state index in [0.29, 0.717) is 6.54 Å². The Morgan fingerprint density at radius 2 is 1.52 bits per heavy atom. The molecule has 0 fully saturated rings. The van der Waals surface area contributed by atoms with Gasteiger partial charge in [-0.25, -0.2) is 0 Å². The summed E-state index contributed by atoms with van der Waals surface area (Å²) < 4.78 is 5.17. The third-order valence-corrected chi connectivity index (χ3v) is 4.06. The molecule has 4 nitrogen and oxygen atoms in total. The molecular formula is C20H27ClN2O2. The Balaban J connectivity index is 0.00000312. The van der Waals surface area contributed by atoms with E-state index in [9.17, 15) is 4.79 Å². The molecule has 0 unspecified atom stereocenters. The third-order valence-electron chi connectivity index (χ3n) is 4.06. The molecule has 0 radical (unpaired) electrons. The van der Waals surface area contributed by atoms with Crippen LogP contribution in [-0.2, 0) is 11.3 Å². The van der Waals surface area contributed by atoms with Gasteiger partial charge in [0.1, 0.15) is 5.75 Å². The molecule has 136 valence electrons. The van der Waals surface area contributed by atoms with E-state index in [4.69, 9.17) is 10.5 Å². The SMILES string of the molecule is COc1ccc(-c2ccc(CNC(=O)[C@@H](N)C(C)(C)C)cc2)cc1.Cl. The van der Waals surface area contributed by atoms with Gasteiger partial charge in [0.15, 0.2) is 0 Å². The maximum atomic E-state index is 12.1. The summed E-state index contributed by atoms with van der Waals surface area (Å²) in [6.07, 6.45) is 0. The number of halogens is 1. The monoisotopic (exact) mass is 362 g/mol. The third kappa shape index (κ3) is 5.76. The average molecular weight is 363 g/mol. The fraction of sp³-hybridized carbons (Fsp3) is 0.350. The Bertz CT molecular complexity index is 676. The fourth-order valence-electron chi connectivity index (χ4n) is 2.29. The van der Waals surface area contributed by atoms with Crippen molar-refractivity contribution < 1.29 is 9.53 Å². The van der Waals surface area contributed by atoms with E-state index in [0.717, 1.165) is 22.4 Å². The predicted molar refractivity (Wildman–Crippen MR) is 105 cm³/mol. The van der Waals surface area contributed by atoms with E-state index in [1.165, 1.54) is 0 Å². The van der Waals surface area contributed by atoms with Gasteiger partial charge < -0.3 is 15.8 Å². The van der Waals surface area contributed by atoms with E-state index >= 15 is 0 Å². The van der Waals surface area contributed by atoms with Crippen LogP contribution in [0.5, 0.6) is 5.75 Å². The number of methoxy groups -OCH3 is 1. The van der Waals surface area contributed by atoms with Crippen molar-refractivity contribution in [1.29, 1.82) is 0 Å². The molecule has 0 saturated carbocycles. The molecule has 3 N–H and O–H groups in total. The van der Waals surface area contributed by atoms with Crippen LogP contribution in [0.25, 0.3) is 11.1 Å². The quantitative estimate of drug-likeness (QED) is 0.850. The minimum Gasteiger partial charge on any atom is -0.497 e. The number of carbonyl (C=O) groups is 1. The highest BCUT2D eigenvalue weighted by Gasteiger charge is 2.26. The lowest BCUT2D eigenvalue weighted by Crippen LogP contribution is -2.48. The number of carbonyl (C=O) groups excluding carboxylic acids is 1. The summed E-state index contributed by atoms with van der Waals surface area (Å²) in [6, 6.07) is 15.5. The summed E-state index contributed by atoms with van der Waals surface area (Å²) in [4.78, 5) is 12.1. The van der Waals surface area contributed by atoms with Crippen molar-refractivity contribution in [3.63, 3.8) is 0 Å². The number of ether oxygens (including phenoxy) is 1. The molecule has 0 aliphatic carbocycles. The number of nitrogens with two attached hydrogens (primary N) is 1. The Kier molecular flexibility index (Phi) is 7.46. The van der Waals surface area contributed by atoms with Crippen molar-refractivity contribution in [2.45, 2.75) is 33.4 Å². The summed E-state index contributed by atoms with van der Waals surface area (Å²) in [5.41, 5.74) is 9.01. The molecule has 2 aromatic carbocycles. The summed E-state index contributed by atoms with van der Waals surface area (Å²) in [7, 11) is 1.66. The van der Waals surface area contributed by atoms with Crippen molar-refractivity contribution in [2.24, 2.45) is 11.1 Å². The molecule has 0 saturated heterocycles. The van der Waals surface area contributed by atoms with Crippen LogP contribution >= 0.6 is 12.4 Å². The average Bonchev–Trinajstić information content (AvgIpc) is 2.58. The first-order valence-electron chi connectivity index (χ1n) is 8.08. The number of amides is 1. The molecule has 0 aliphatic heterocycles. The van der Waals surface area contributed by atoms with Crippen LogP contribution in [0, 0.1) is 5.41 Å². The van der Waals surface area contributed by atoms with Crippen molar-refractivity contribution in [1.82, 2.24) is 5.32 Å². The first kappa shape index (κ1) is 21.0. The summed E-state index contributed by atoms with van der Waals surface area (Å²) in [6.45, 7) is 6.36. The van der Waals surface area contributed by atoms with Gasteiger partial charge in [-0.3, -0.25) is 4.79 Å². The largest absolute Gasteiger partial charge is 0.497 e. The van der Waals surface area contributed by atoms with Crippen molar-refractivity contribution >= 4 is 18.3 Å². The molecule has 0 heterocycles. The van der Waals surface area contributed by atoms with Crippen LogP contribution < -0.4 is 15.8 Å². The molecule has 25 heavy (non-hydrogen) atoms. The maximum absolute atomic E-state index is 12.1. The molecule has 1 atom stereocenters. The highest BCUT2D eigenvalue weighted by Crippen LogP contribution is 2.23. The second-order valence-electron chi connectivity index (χ2n) is 6.99. The van der Waals surface area contributed by atoms with E-state index in [2.05, 4.69) is 5.32 Å². The molecule has 5 heteroatoms. The van der Waals surface area contributed by atoms with Crippen LogP contribution in [0.15, 0.2) is 48.5 Å². The summed E-state index contributed by atoms with van der Waals surface area (Å²) >= 11 is 0. The number of rotatable bonds is 5. The second-order valence-corrected chi connectivity index (χ2v) is 6.99. The molecule has 0 aromatic heterocycles. The second kappa shape index (κ2) is 8.88. The lowest BCUT2D eigenvalue weighted by molar-refractivity contribution is -0.124. The molecule has 0 spiro atoms. The molecule has 0 bridgehead atoms. The summed E-state index contributed by atoms with van der Waals surface area (Å²) in [5, 5.41) is 2.90. The van der Waals surface area contributed by atoms with Crippen LogP contribution in [-0.4, -0.2) is 19.1 Å². The zero-order valence-electron chi connectivity index (χ0n) is 15.2. The highest BCUT2D eigenvalue weighted by atomic mass is 35.5. The van der Waals surface area contributed by atoms with Gasteiger partial charge in [-0.2, -0.15) is 0 Å². The van der Waals surface area contributed by atoms with Gasteiger partial charge in [-0.1, -0.05) is 57.2 Å². The fourth-order valence-corrected chi connectivity index (χ4v) is 2.29. The van der Waals surface area contributed by atoms with Crippen molar-refractivity contribution in [3.8, 4) is 16.9 Å². The van der Waals surface area contributed by atoms with E-state index in [-0.39, 0.29) is 23.7 Å². The van der Waals surface area contributed by atoms with Crippen molar-refractivity contribution in [3.05, 3.63) is 54.1 Å². The van der Waals surface area contributed by atoms with Gasteiger partial charge in [-0.15, -0.1) is 12.4 Å². The minimum absolute atomic E-state index is 0. The highest BCUT2D eigenvalue weighted by molar-refractivity contribution is 5.85. The number of nitrogens with one attached hydrogen (secondary N) is 1. The van der Waals surface area contributed by atoms with Crippen LogP contribution in [0.2, 0.25) is 0 Å². The molecular weight excluding hydrogens is 336 g/mol. The zero-order valence-corrected chi connectivity index (χ0v) is 16.0. The smallest absolute Gasteiger partial charge is 0.237 e. The van der Waals surface area contributed by atoms with E-state index < -0.39 is 6.04 Å². The first-order valence-corrected chi connectivity index (χ1v) is 8.08. The Morgan fingerprint density at radius 3 is 1.96 bits per heavy atom. The Hall–Kier alpha value is -2.04. The lowest BCUT2D eigenvalue weighted by Gasteiger charge is -2.25.